The summed E-state index contributed by atoms with van der Waals surface area (Å²) in [4.78, 5) is 12.0. The van der Waals surface area contributed by atoms with Crippen LogP contribution < -0.4 is 10.6 Å². The molecule has 8 heteroatoms. The predicted octanol–water partition coefficient (Wildman–Crippen LogP) is 2.06. The Kier molecular flexibility index (Phi) is 5.44. The van der Waals surface area contributed by atoms with Crippen molar-refractivity contribution in [2.45, 2.75) is 30.6 Å². The molecule has 0 unspecified atom stereocenters. The number of benzene rings is 1. The fraction of sp³-hybridized carbons (Fsp3) is 0.562. The van der Waals surface area contributed by atoms with E-state index in [1.165, 1.54) is 29.3 Å². The maximum absolute atomic E-state index is 12.7. The Morgan fingerprint density at radius 2 is 1.96 bits per heavy atom. The normalized spacial score (nSPS) is 18.7. The Bertz CT molecular complexity index is 713. The quantitative estimate of drug-likeness (QED) is 0.769. The lowest BCUT2D eigenvalue weighted by Crippen LogP contribution is -2.30. The number of rotatable bonds is 7. The highest BCUT2D eigenvalue weighted by atomic mass is 35.5. The number of sulfonamides is 1. The van der Waals surface area contributed by atoms with Gasteiger partial charge in [0.15, 0.2) is 0 Å². The number of hydrogen-bond donors (Lipinski definition) is 2. The Morgan fingerprint density at radius 1 is 1.25 bits per heavy atom. The van der Waals surface area contributed by atoms with Crippen LogP contribution in [0.1, 0.15) is 25.7 Å². The topological polar surface area (TPSA) is 78.5 Å². The number of carbonyl (C=O) groups is 1. The van der Waals surface area contributed by atoms with Crippen LogP contribution in [-0.2, 0) is 14.8 Å². The van der Waals surface area contributed by atoms with Crippen molar-refractivity contribution in [3.63, 3.8) is 0 Å². The van der Waals surface area contributed by atoms with Gasteiger partial charge in [-0.2, -0.15) is 4.31 Å². The fourth-order valence-electron chi connectivity index (χ4n) is 2.76. The molecule has 6 nitrogen and oxygen atoms in total. The molecule has 0 bridgehead atoms. The van der Waals surface area contributed by atoms with E-state index in [1.54, 1.807) is 6.07 Å². The molecular weight excluding hydrogens is 350 g/mol. The minimum Gasteiger partial charge on any atom is -0.325 e. The van der Waals surface area contributed by atoms with Gasteiger partial charge in [0.1, 0.15) is 4.90 Å². The first-order valence-corrected chi connectivity index (χ1v) is 10.1. The summed E-state index contributed by atoms with van der Waals surface area (Å²) in [5.74, 6) is 0.507. The van der Waals surface area contributed by atoms with Gasteiger partial charge >= 0.3 is 0 Å². The number of halogens is 1. The van der Waals surface area contributed by atoms with Gasteiger partial charge in [-0.3, -0.25) is 4.79 Å². The standard InChI is InChI=1S/C16H22ClN3O3S/c17-14-6-5-13(19-16(21)11-18-10-12-3-4-12)9-15(14)24(22,23)20-7-1-2-8-20/h5-6,9,12,18H,1-4,7-8,10-11H2,(H,19,21). The van der Waals surface area contributed by atoms with E-state index in [2.05, 4.69) is 10.6 Å². The van der Waals surface area contributed by atoms with Crippen LogP contribution in [0.5, 0.6) is 0 Å². The summed E-state index contributed by atoms with van der Waals surface area (Å²) in [7, 11) is -3.61. The Hall–Kier alpha value is -1.15. The van der Waals surface area contributed by atoms with E-state index in [0.717, 1.165) is 19.4 Å². The number of nitrogens with zero attached hydrogens (tertiary/aromatic N) is 1. The van der Waals surface area contributed by atoms with Gasteiger partial charge in [-0.1, -0.05) is 11.6 Å². The summed E-state index contributed by atoms with van der Waals surface area (Å²) in [5.41, 5.74) is 0.440. The zero-order valence-electron chi connectivity index (χ0n) is 13.4. The minimum absolute atomic E-state index is 0.0507. The molecule has 0 aromatic heterocycles. The number of amides is 1. The minimum atomic E-state index is -3.61. The number of anilines is 1. The third kappa shape index (κ3) is 4.27. The highest BCUT2D eigenvalue weighted by Gasteiger charge is 2.29. The Labute approximate surface area is 147 Å². The molecule has 0 spiro atoms. The van der Waals surface area contributed by atoms with Crippen molar-refractivity contribution < 1.29 is 13.2 Å². The van der Waals surface area contributed by atoms with Crippen LogP contribution in [0, 0.1) is 5.92 Å². The van der Waals surface area contributed by atoms with E-state index in [-0.39, 0.29) is 22.4 Å². The maximum Gasteiger partial charge on any atom is 0.244 e. The second-order valence-corrected chi connectivity index (χ2v) is 8.69. The second-order valence-electron chi connectivity index (χ2n) is 6.38. The zero-order valence-corrected chi connectivity index (χ0v) is 15.0. The van der Waals surface area contributed by atoms with Crippen molar-refractivity contribution in [2.24, 2.45) is 5.92 Å². The number of carbonyl (C=O) groups excluding carboxylic acids is 1. The summed E-state index contributed by atoms with van der Waals surface area (Å²) >= 11 is 6.09. The summed E-state index contributed by atoms with van der Waals surface area (Å²) < 4.78 is 26.8. The van der Waals surface area contributed by atoms with Gasteiger partial charge in [0.05, 0.1) is 11.6 Å². The van der Waals surface area contributed by atoms with Gasteiger partial charge in [-0.15, -0.1) is 0 Å². The zero-order chi connectivity index (χ0) is 17.2. The number of nitrogens with one attached hydrogen (secondary N) is 2. The van der Waals surface area contributed by atoms with Crippen LogP contribution in [0.3, 0.4) is 0 Å². The van der Waals surface area contributed by atoms with Gasteiger partial charge < -0.3 is 10.6 Å². The van der Waals surface area contributed by atoms with Crippen molar-refractivity contribution in [1.82, 2.24) is 9.62 Å². The van der Waals surface area contributed by atoms with Crippen LogP contribution in [0.2, 0.25) is 5.02 Å². The lowest BCUT2D eigenvalue weighted by Gasteiger charge is -2.17. The predicted molar refractivity (Wildman–Crippen MR) is 93.7 cm³/mol. The van der Waals surface area contributed by atoms with Gasteiger partial charge in [0.2, 0.25) is 15.9 Å². The van der Waals surface area contributed by atoms with E-state index < -0.39 is 10.0 Å². The number of hydrogen-bond acceptors (Lipinski definition) is 4. The average Bonchev–Trinajstić information content (AvgIpc) is 3.18. The molecule has 1 aliphatic heterocycles. The molecule has 0 atom stereocenters. The first kappa shape index (κ1) is 17.7. The van der Waals surface area contributed by atoms with Crippen LogP contribution >= 0.6 is 11.6 Å². The van der Waals surface area contributed by atoms with Crippen molar-refractivity contribution in [1.29, 1.82) is 0 Å². The molecule has 1 heterocycles. The van der Waals surface area contributed by atoms with Gasteiger partial charge in [-0.25, -0.2) is 8.42 Å². The van der Waals surface area contributed by atoms with Crippen molar-refractivity contribution in [2.75, 3.05) is 31.5 Å². The van der Waals surface area contributed by atoms with Gasteiger partial charge in [0.25, 0.3) is 0 Å². The third-order valence-corrected chi connectivity index (χ3v) is 6.69. The van der Waals surface area contributed by atoms with Gasteiger partial charge in [-0.05, 0) is 56.3 Å². The van der Waals surface area contributed by atoms with Crippen LogP contribution in [-0.4, -0.2) is 44.8 Å². The molecule has 24 heavy (non-hydrogen) atoms. The van der Waals surface area contributed by atoms with Crippen LogP contribution in [0.15, 0.2) is 23.1 Å². The molecule has 1 amide bonds. The SMILES string of the molecule is O=C(CNCC1CC1)Nc1ccc(Cl)c(S(=O)(=O)N2CCCC2)c1. The third-order valence-electron chi connectivity index (χ3n) is 4.31. The summed E-state index contributed by atoms with van der Waals surface area (Å²) in [5, 5.41) is 6.00. The molecule has 1 aromatic carbocycles. The van der Waals surface area contributed by atoms with Crippen LogP contribution in [0.25, 0.3) is 0 Å². The largest absolute Gasteiger partial charge is 0.325 e. The summed E-state index contributed by atoms with van der Waals surface area (Å²) in [6.45, 7) is 2.09. The van der Waals surface area contributed by atoms with E-state index in [0.29, 0.717) is 24.7 Å². The molecule has 1 aliphatic carbocycles. The molecule has 2 aliphatic rings. The van der Waals surface area contributed by atoms with E-state index in [4.69, 9.17) is 11.6 Å². The summed E-state index contributed by atoms with van der Waals surface area (Å²) in [6.07, 6.45) is 4.17. The molecular formula is C16H22ClN3O3S. The van der Waals surface area contributed by atoms with Gasteiger partial charge in [0, 0.05) is 18.8 Å². The average molecular weight is 372 g/mol. The molecule has 2 N–H and O–H groups in total. The monoisotopic (exact) mass is 371 g/mol. The molecule has 1 saturated carbocycles. The summed E-state index contributed by atoms with van der Waals surface area (Å²) in [6, 6.07) is 4.57. The maximum atomic E-state index is 12.7. The highest BCUT2D eigenvalue weighted by molar-refractivity contribution is 7.89. The van der Waals surface area contributed by atoms with Crippen molar-refractivity contribution in [3.05, 3.63) is 23.2 Å². The first-order valence-electron chi connectivity index (χ1n) is 8.27. The lowest BCUT2D eigenvalue weighted by molar-refractivity contribution is -0.115. The highest BCUT2D eigenvalue weighted by Crippen LogP contribution is 2.29. The lowest BCUT2D eigenvalue weighted by atomic mass is 10.3. The molecule has 1 aromatic rings. The van der Waals surface area contributed by atoms with Crippen LogP contribution in [0.4, 0.5) is 5.69 Å². The fourth-order valence-corrected chi connectivity index (χ4v) is 4.78. The molecule has 0 radical (unpaired) electrons. The molecule has 1 saturated heterocycles. The Morgan fingerprint density at radius 3 is 2.62 bits per heavy atom. The molecule has 3 rings (SSSR count). The second kappa shape index (κ2) is 7.39. The first-order chi connectivity index (χ1) is 11.5. The smallest absolute Gasteiger partial charge is 0.244 e. The Balaban J connectivity index is 1.67. The van der Waals surface area contributed by atoms with Crippen molar-refractivity contribution in [3.8, 4) is 0 Å². The van der Waals surface area contributed by atoms with E-state index in [9.17, 15) is 13.2 Å². The van der Waals surface area contributed by atoms with E-state index in [1.807, 2.05) is 0 Å². The molecule has 132 valence electrons. The van der Waals surface area contributed by atoms with E-state index >= 15 is 0 Å². The molecule has 2 fully saturated rings. The van der Waals surface area contributed by atoms with Crippen molar-refractivity contribution >= 4 is 33.2 Å².